The molecule has 0 aliphatic rings. The predicted molar refractivity (Wildman–Crippen MR) is 237 cm³/mol. The SMILES string of the molecule is c1ccc(-c2cccc(-c3cccc(-n4c5ccccc5c5c4ccc4c6ccccc6n(-c6cccc(-c7cccc(-c8ccccc8)c7)c6)c45)c3)c2)cc1. The summed E-state index contributed by atoms with van der Waals surface area (Å²) in [7, 11) is 0. The normalized spacial score (nSPS) is 11.6. The van der Waals surface area contributed by atoms with Gasteiger partial charge in [0.15, 0.2) is 0 Å². The van der Waals surface area contributed by atoms with Crippen molar-refractivity contribution < 1.29 is 0 Å². The Morgan fingerprint density at radius 2 is 0.643 bits per heavy atom. The molecule has 9 aromatic carbocycles. The second-order valence-corrected chi connectivity index (χ2v) is 14.6. The lowest BCUT2D eigenvalue weighted by Crippen LogP contribution is -1.96. The van der Waals surface area contributed by atoms with Gasteiger partial charge in [0.2, 0.25) is 0 Å². The van der Waals surface area contributed by atoms with E-state index in [0.717, 1.165) is 11.4 Å². The molecule has 0 saturated heterocycles. The molecule has 11 rings (SSSR count). The lowest BCUT2D eigenvalue weighted by atomic mass is 9.99. The van der Waals surface area contributed by atoms with Crippen LogP contribution in [0.5, 0.6) is 0 Å². The summed E-state index contributed by atoms with van der Waals surface area (Å²) in [6, 6.07) is 79.4. The number of aromatic nitrogens is 2. The molecular formula is C54H36N2. The molecule has 2 heteroatoms. The standard InChI is InChI=1S/C54H36N2/c1-3-15-37(16-4-1)39-19-11-21-41(33-39)43-23-13-25-45(35-43)55-51-30-10-8-28-49(51)53-52(55)32-31-48-47-27-7-9-29-50(47)56(54(48)53)46-26-14-24-44(36-46)42-22-12-20-40(34-42)38-17-5-2-6-18-38/h1-36H. The molecule has 0 radical (unpaired) electrons. The van der Waals surface area contributed by atoms with E-state index < -0.39 is 0 Å². The summed E-state index contributed by atoms with van der Waals surface area (Å²) < 4.78 is 4.93. The minimum atomic E-state index is 1.14. The lowest BCUT2D eigenvalue weighted by Gasteiger charge is -2.13. The van der Waals surface area contributed by atoms with Crippen molar-refractivity contribution in [3.8, 4) is 55.9 Å². The van der Waals surface area contributed by atoms with Crippen molar-refractivity contribution in [2.75, 3.05) is 0 Å². The Labute approximate surface area is 325 Å². The smallest absolute Gasteiger partial charge is 0.0641 e. The van der Waals surface area contributed by atoms with Crippen molar-refractivity contribution in [3.05, 3.63) is 218 Å². The van der Waals surface area contributed by atoms with E-state index in [1.54, 1.807) is 0 Å². The maximum atomic E-state index is 2.49. The molecule has 56 heavy (non-hydrogen) atoms. The fourth-order valence-corrected chi connectivity index (χ4v) is 8.72. The highest BCUT2D eigenvalue weighted by Gasteiger charge is 2.21. The molecule has 0 saturated carbocycles. The average molecular weight is 713 g/mol. The molecule has 0 aliphatic heterocycles. The molecule has 0 atom stereocenters. The zero-order chi connectivity index (χ0) is 37.0. The van der Waals surface area contributed by atoms with Gasteiger partial charge in [-0.3, -0.25) is 0 Å². The second kappa shape index (κ2) is 13.2. The first-order valence-electron chi connectivity index (χ1n) is 19.3. The molecule has 0 bridgehead atoms. The van der Waals surface area contributed by atoms with Crippen molar-refractivity contribution in [3.63, 3.8) is 0 Å². The van der Waals surface area contributed by atoms with E-state index in [1.165, 1.54) is 88.1 Å². The van der Waals surface area contributed by atoms with Crippen LogP contribution in [-0.2, 0) is 0 Å². The Bertz CT molecular complexity index is 3240. The summed E-state index contributed by atoms with van der Waals surface area (Å²) in [4.78, 5) is 0. The zero-order valence-electron chi connectivity index (χ0n) is 30.7. The van der Waals surface area contributed by atoms with Crippen molar-refractivity contribution in [1.29, 1.82) is 0 Å². The summed E-state index contributed by atoms with van der Waals surface area (Å²) in [5.74, 6) is 0. The maximum Gasteiger partial charge on any atom is 0.0641 e. The van der Waals surface area contributed by atoms with Crippen LogP contribution in [0.25, 0.3) is 99.5 Å². The van der Waals surface area contributed by atoms with E-state index in [4.69, 9.17) is 0 Å². The van der Waals surface area contributed by atoms with Gasteiger partial charge in [0.05, 0.1) is 22.1 Å². The first-order chi connectivity index (χ1) is 27.8. The van der Waals surface area contributed by atoms with Crippen LogP contribution in [0.2, 0.25) is 0 Å². The van der Waals surface area contributed by atoms with Crippen LogP contribution in [0, 0.1) is 0 Å². The number of nitrogens with zero attached hydrogens (tertiary/aromatic N) is 2. The van der Waals surface area contributed by atoms with Gasteiger partial charge in [-0.05, 0) is 99.1 Å². The van der Waals surface area contributed by atoms with E-state index in [9.17, 15) is 0 Å². The number of rotatable bonds is 6. The first-order valence-corrected chi connectivity index (χ1v) is 19.3. The highest BCUT2D eigenvalue weighted by Crippen LogP contribution is 2.43. The van der Waals surface area contributed by atoms with Gasteiger partial charge in [-0.25, -0.2) is 0 Å². The Kier molecular flexibility index (Phi) is 7.53. The van der Waals surface area contributed by atoms with Crippen LogP contribution in [-0.4, -0.2) is 9.13 Å². The third kappa shape index (κ3) is 5.26. The summed E-state index contributed by atoms with van der Waals surface area (Å²) >= 11 is 0. The van der Waals surface area contributed by atoms with Crippen molar-refractivity contribution >= 4 is 43.6 Å². The predicted octanol–water partition coefficient (Wildman–Crippen LogP) is 14.5. The Hall–Kier alpha value is -7.42. The molecule has 0 unspecified atom stereocenters. The third-order valence-electron chi connectivity index (χ3n) is 11.3. The fraction of sp³-hybridized carbons (Fsp3) is 0. The van der Waals surface area contributed by atoms with E-state index >= 15 is 0 Å². The Morgan fingerprint density at radius 1 is 0.232 bits per heavy atom. The quantitative estimate of drug-likeness (QED) is 0.162. The van der Waals surface area contributed by atoms with Crippen LogP contribution >= 0.6 is 0 Å². The molecule has 0 fully saturated rings. The molecule has 2 aromatic heterocycles. The molecule has 11 aromatic rings. The maximum absolute atomic E-state index is 2.49. The van der Waals surface area contributed by atoms with Gasteiger partial charge in [0.1, 0.15) is 0 Å². The molecule has 0 amide bonds. The summed E-state index contributed by atoms with van der Waals surface area (Å²) in [5, 5.41) is 4.99. The number of hydrogen-bond donors (Lipinski definition) is 0. The van der Waals surface area contributed by atoms with E-state index in [0.29, 0.717) is 0 Å². The number of para-hydroxylation sites is 2. The van der Waals surface area contributed by atoms with Crippen LogP contribution < -0.4 is 0 Å². The second-order valence-electron chi connectivity index (χ2n) is 14.6. The van der Waals surface area contributed by atoms with Gasteiger partial charge >= 0.3 is 0 Å². The minimum absolute atomic E-state index is 1.14. The number of benzene rings is 9. The average Bonchev–Trinajstić information content (AvgIpc) is 3.80. The van der Waals surface area contributed by atoms with Crippen LogP contribution in [0.15, 0.2) is 218 Å². The van der Waals surface area contributed by atoms with Crippen LogP contribution in [0.3, 0.4) is 0 Å². The minimum Gasteiger partial charge on any atom is -0.309 e. The first kappa shape index (κ1) is 32.0. The molecule has 262 valence electrons. The zero-order valence-corrected chi connectivity index (χ0v) is 30.7. The third-order valence-corrected chi connectivity index (χ3v) is 11.3. The molecule has 0 aliphatic carbocycles. The molecule has 2 nitrogen and oxygen atoms in total. The van der Waals surface area contributed by atoms with Crippen molar-refractivity contribution in [1.82, 2.24) is 9.13 Å². The van der Waals surface area contributed by atoms with Crippen LogP contribution in [0.4, 0.5) is 0 Å². The van der Waals surface area contributed by atoms with Gasteiger partial charge in [-0.1, -0.05) is 164 Å². The van der Waals surface area contributed by atoms with Gasteiger partial charge < -0.3 is 9.13 Å². The van der Waals surface area contributed by atoms with E-state index in [-0.39, 0.29) is 0 Å². The Balaban J connectivity index is 1.12. The van der Waals surface area contributed by atoms with Crippen LogP contribution in [0.1, 0.15) is 0 Å². The topological polar surface area (TPSA) is 9.86 Å². The number of hydrogen-bond acceptors (Lipinski definition) is 0. The van der Waals surface area contributed by atoms with Crippen molar-refractivity contribution in [2.24, 2.45) is 0 Å². The van der Waals surface area contributed by atoms with E-state index in [2.05, 4.69) is 228 Å². The monoisotopic (exact) mass is 712 g/mol. The lowest BCUT2D eigenvalue weighted by molar-refractivity contribution is 1.17. The van der Waals surface area contributed by atoms with Gasteiger partial charge in [-0.15, -0.1) is 0 Å². The Morgan fingerprint density at radius 3 is 1.21 bits per heavy atom. The van der Waals surface area contributed by atoms with Gasteiger partial charge in [0, 0.05) is 32.9 Å². The highest BCUT2D eigenvalue weighted by molar-refractivity contribution is 6.26. The molecule has 2 heterocycles. The molecular weight excluding hydrogens is 677 g/mol. The fourth-order valence-electron chi connectivity index (χ4n) is 8.72. The molecule has 0 N–H and O–H groups in total. The number of fused-ring (bicyclic) bond motifs is 7. The highest BCUT2D eigenvalue weighted by atomic mass is 15.0. The largest absolute Gasteiger partial charge is 0.309 e. The summed E-state index contributed by atoms with van der Waals surface area (Å²) in [5.41, 5.74) is 16.7. The van der Waals surface area contributed by atoms with E-state index in [1.807, 2.05) is 0 Å². The molecule has 0 spiro atoms. The van der Waals surface area contributed by atoms with Crippen molar-refractivity contribution in [2.45, 2.75) is 0 Å². The van der Waals surface area contributed by atoms with Gasteiger partial charge in [0.25, 0.3) is 0 Å². The summed E-state index contributed by atoms with van der Waals surface area (Å²) in [6.45, 7) is 0. The van der Waals surface area contributed by atoms with Gasteiger partial charge in [-0.2, -0.15) is 0 Å². The summed E-state index contributed by atoms with van der Waals surface area (Å²) in [6.07, 6.45) is 0.